The number of likely N-dealkylation sites (tertiary alicyclic amines) is 1. The number of piperidine rings is 2. The van der Waals surface area contributed by atoms with Crippen molar-refractivity contribution in [2.24, 2.45) is 0 Å². The molecular formula is C28H34FN3O6S2. The number of ether oxygens (including phenoxy) is 2. The first-order valence-corrected chi connectivity index (χ1v) is 15.7. The number of benzene rings is 2. The molecule has 0 aliphatic carbocycles. The van der Waals surface area contributed by atoms with E-state index in [2.05, 4.69) is 17.1 Å². The number of unbranched alkanes of at least 4 members (excludes halogenated alkanes) is 1. The summed E-state index contributed by atoms with van der Waals surface area (Å²) in [6.07, 6.45) is 4.04. The Kier molecular flexibility index (Phi) is 9.97. The molecule has 3 aromatic rings. The number of rotatable bonds is 10. The average molecular weight is 592 g/mol. The predicted molar refractivity (Wildman–Crippen MR) is 151 cm³/mol. The number of hydrogen-bond donors (Lipinski definition) is 1. The number of hydrogen-bond acceptors (Lipinski definition) is 9. The Balaban J connectivity index is 1.08. The minimum absolute atomic E-state index is 0.0339. The van der Waals surface area contributed by atoms with Gasteiger partial charge in [-0.05, 0) is 73.6 Å². The number of carbonyl (C=O) groups excluding carboxylic acids is 1. The molecule has 0 saturated carbocycles. The van der Waals surface area contributed by atoms with Crippen molar-refractivity contribution in [1.82, 2.24) is 14.9 Å². The zero-order chi connectivity index (χ0) is 27.9. The number of aliphatic hydroxyl groups excluding tert-OH is 1. The second-order valence-corrected chi connectivity index (χ2v) is 12.2. The van der Waals surface area contributed by atoms with Crippen molar-refractivity contribution >= 4 is 38.7 Å². The number of nitrogens with zero attached hydrogens (tertiary/aromatic N) is 3. The van der Waals surface area contributed by atoms with Crippen LogP contribution in [-0.4, -0.2) is 75.0 Å². The van der Waals surface area contributed by atoms with Crippen molar-refractivity contribution in [3.05, 3.63) is 53.8 Å². The minimum Gasteiger partial charge on any atom is -0.467 e. The molecule has 1 N–H and O–H groups in total. The van der Waals surface area contributed by atoms with E-state index >= 15 is 0 Å². The van der Waals surface area contributed by atoms with Gasteiger partial charge in [0.15, 0.2) is 11.1 Å². The highest BCUT2D eigenvalue weighted by Gasteiger charge is 2.27. The van der Waals surface area contributed by atoms with E-state index in [1.807, 2.05) is 6.07 Å². The van der Waals surface area contributed by atoms with E-state index in [-0.39, 0.29) is 18.5 Å². The predicted octanol–water partition coefficient (Wildman–Crippen LogP) is 5.02. The summed E-state index contributed by atoms with van der Waals surface area (Å²) in [5.74, 6) is 0.782. The van der Waals surface area contributed by atoms with Gasteiger partial charge in [-0.25, -0.2) is 18.4 Å². The Morgan fingerprint density at radius 3 is 2.52 bits per heavy atom. The molecule has 216 valence electrons. The maximum atomic E-state index is 13.1. The summed E-state index contributed by atoms with van der Waals surface area (Å²) < 4.78 is 43.3. The van der Waals surface area contributed by atoms with Crippen LogP contribution in [0.2, 0.25) is 0 Å². The van der Waals surface area contributed by atoms with Gasteiger partial charge in [-0.3, -0.25) is 0 Å². The number of fused-ring (bicyclic) bond motifs is 1. The van der Waals surface area contributed by atoms with Gasteiger partial charge in [-0.15, -0.1) is 0 Å². The molecule has 2 saturated heterocycles. The van der Waals surface area contributed by atoms with Crippen LogP contribution in [0.1, 0.15) is 50.0 Å². The summed E-state index contributed by atoms with van der Waals surface area (Å²) in [6, 6.07) is 11.8. The molecule has 2 fully saturated rings. The van der Waals surface area contributed by atoms with Gasteiger partial charge >= 0.3 is 6.09 Å². The van der Waals surface area contributed by atoms with E-state index in [1.54, 1.807) is 9.96 Å². The fraction of sp³-hybridized carbons (Fsp3) is 0.500. The molecule has 9 nitrogen and oxygen atoms in total. The minimum atomic E-state index is -1.35. The molecular weight excluding hydrogens is 557 g/mol. The maximum Gasteiger partial charge on any atom is 0.415 e. The lowest BCUT2D eigenvalue weighted by molar-refractivity contribution is -0.0631. The molecule has 1 amide bonds. The standard InChI is InChI=1S/C28H34FN3O6S2/c29-22-4-6-23(7-5-22)37-28(34)31-13-11-24(12-14-31)36-27-30-25-8-3-21(19-26(25)39-27)20-9-15-32(16-10-20)38-40(35)18-2-1-17-33/h3-8,19-20,24,33H,1-2,9-18H2. The van der Waals surface area contributed by atoms with Gasteiger partial charge in [0, 0.05) is 45.6 Å². The molecule has 0 spiro atoms. The Labute approximate surface area is 239 Å². The van der Waals surface area contributed by atoms with Crippen LogP contribution in [0, 0.1) is 5.82 Å². The third-order valence-corrected chi connectivity index (χ3v) is 9.12. The number of halogens is 1. The highest BCUT2D eigenvalue weighted by atomic mass is 32.2. The van der Waals surface area contributed by atoms with Crippen molar-refractivity contribution in [2.45, 2.75) is 50.5 Å². The first kappa shape index (κ1) is 28.9. The van der Waals surface area contributed by atoms with E-state index in [9.17, 15) is 13.4 Å². The molecule has 5 rings (SSSR count). The largest absolute Gasteiger partial charge is 0.467 e. The maximum absolute atomic E-state index is 13.1. The van der Waals surface area contributed by atoms with Crippen molar-refractivity contribution < 1.29 is 32.3 Å². The number of aliphatic hydroxyl groups is 1. The van der Waals surface area contributed by atoms with Gasteiger partial charge in [-0.1, -0.05) is 17.4 Å². The van der Waals surface area contributed by atoms with Crippen molar-refractivity contribution in [1.29, 1.82) is 0 Å². The number of aromatic nitrogens is 1. The van der Waals surface area contributed by atoms with Crippen LogP contribution in [-0.2, 0) is 15.4 Å². The fourth-order valence-electron chi connectivity index (χ4n) is 4.94. The molecule has 3 heterocycles. The lowest BCUT2D eigenvalue weighted by Gasteiger charge is -2.30. The summed E-state index contributed by atoms with van der Waals surface area (Å²) in [5.41, 5.74) is 2.17. The Morgan fingerprint density at radius 1 is 1.05 bits per heavy atom. The summed E-state index contributed by atoms with van der Waals surface area (Å²) in [6.45, 7) is 2.58. The quantitative estimate of drug-likeness (QED) is 0.328. The molecule has 2 aliphatic rings. The van der Waals surface area contributed by atoms with Crippen LogP contribution in [0.5, 0.6) is 10.9 Å². The van der Waals surface area contributed by atoms with Gasteiger partial charge in [0.2, 0.25) is 0 Å². The molecule has 12 heteroatoms. The number of carbonyl (C=O) groups is 1. The van der Waals surface area contributed by atoms with Gasteiger partial charge in [0.25, 0.3) is 5.19 Å². The molecule has 1 unspecified atom stereocenters. The van der Waals surface area contributed by atoms with Gasteiger partial charge in [0.1, 0.15) is 17.7 Å². The first-order chi connectivity index (χ1) is 19.5. The molecule has 0 radical (unpaired) electrons. The zero-order valence-corrected chi connectivity index (χ0v) is 23.8. The second-order valence-electron chi connectivity index (χ2n) is 10.0. The third-order valence-electron chi connectivity index (χ3n) is 7.21. The van der Waals surface area contributed by atoms with Crippen molar-refractivity contribution in [2.75, 3.05) is 38.5 Å². The van der Waals surface area contributed by atoms with Gasteiger partial charge < -0.3 is 19.5 Å². The summed E-state index contributed by atoms with van der Waals surface area (Å²) in [7, 11) is 0. The highest BCUT2D eigenvalue weighted by molar-refractivity contribution is 7.80. The smallest absolute Gasteiger partial charge is 0.415 e. The van der Waals surface area contributed by atoms with E-state index in [4.69, 9.17) is 18.9 Å². The van der Waals surface area contributed by atoms with E-state index < -0.39 is 17.2 Å². The number of hydroxylamine groups is 2. The molecule has 1 aromatic heterocycles. The van der Waals surface area contributed by atoms with Crippen LogP contribution < -0.4 is 9.47 Å². The summed E-state index contributed by atoms with van der Waals surface area (Å²) in [4.78, 5) is 18.7. The molecule has 2 aromatic carbocycles. The van der Waals surface area contributed by atoms with Crippen LogP contribution in [0.3, 0.4) is 0 Å². The van der Waals surface area contributed by atoms with E-state index in [0.29, 0.717) is 61.4 Å². The third kappa shape index (κ3) is 7.76. The normalized spacial score (nSPS) is 18.2. The number of thiazole rings is 1. The van der Waals surface area contributed by atoms with E-state index in [1.165, 1.54) is 41.2 Å². The number of amides is 1. The van der Waals surface area contributed by atoms with Crippen molar-refractivity contribution in [3.8, 4) is 10.9 Å². The summed E-state index contributed by atoms with van der Waals surface area (Å²) >= 11 is 0.185. The van der Waals surface area contributed by atoms with Crippen LogP contribution in [0.15, 0.2) is 42.5 Å². The average Bonchev–Trinajstić information content (AvgIpc) is 3.37. The lowest BCUT2D eigenvalue weighted by atomic mass is 9.90. The Morgan fingerprint density at radius 2 is 1.80 bits per heavy atom. The monoisotopic (exact) mass is 591 g/mol. The second kappa shape index (κ2) is 13.8. The van der Waals surface area contributed by atoms with Gasteiger partial charge in [0.05, 0.1) is 16.0 Å². The van der Waals surface area contributed by atoms with Gasteiger partial charge in [-0.2, -0.15) is 9.35 Å². The van der Waals surface area contributed by atoms with E-state index in [0.717, 1.165) is 36.1 Å². The summed E-state index contributed by atoms with van der Waals surface area (Å²) in [5, 5.41) is 11.3. The molecule has 1 atom stereocenters. The van der Waals surface area contributed by atoms with Crippen molar-refractivity contribution in [3.63, 3.8) is 0 Å². The lowest BCUT2D eigenvalue weighted by Crippen LogP contribution is -2.43. The van der Waals surface area contributed by atoms with Crippen LogP contribution in [0.4, 0.5) is 9.18 Å². The molecule has 0 bridgehead atoms. The van der Waals surface area contributed by atoms with Crippen LogP contribution in [0.25, 0.3) is 10.2 Å². The topological polar surface area (TPSA) is 101 Å². The highest BCUT2D eigenvalue weighted by Crippen LogP contribution is 2.35. The van der Waals surface area contributed by atoms with Crippen LogP contribution >= 0.6 is 11.3 Å². The SMILES string of the molecule is O=C(Oc1ccc(F)cc1)N1CCC(Oc2nc3ccc(C4CCN(OS(=O)CCCCO)CC4)cc3s2)CC1. The zero-order valence-electron chi connectivity index (χ0n) is 22.2. The Bertz CT molecular complexity index is 1290. The fourth-order valence-corrected chi connectivity index (χ4v) is 6.77. The molecule has 40 heavy (non-hydrogen) atoms. The Hall–Kier alpha value is -2.64. The first-order valence-electron chi connectivity index (χ1n) is 13.7. The molecule has 2 aliphatic heterocycles.